The second kappa shape index (κ2) is 15.5. The molecule has 2 amide bonds. The SMILES string of the molecule is CCC(C)N(NC)C(=O)Nc1ccc(N2CCN(c3ccc(CSC4OCC(Cn5cncn5)(c5ccc(F)cc5F)O4)cc3)CC2)cc1. The normalized spacial score (nSPS) is 20.0. The summed E-state index contributed by atoms with van der Waals surface area (Å²) in [6, 6.07) is 19.9. The van der Waals surface area contributed by atoms with E-state index in [1.807, 2.05) is 26.0 Å². The number of ether oxygens (including phenoxy) is 2. The Balaban J connectivity index is 0.993. The van der Waals surface area contributed by atoms with Gasteiger partial charge in [0.25, 0.3) is 0 Å². The minimum atomic E-state index is -1.17. The van der Waals surface area contributed by atoms with Gasteiger partial charge in [-0.2, -0.15) is 5.10 Å². The molecule has 49 heavy (non-hydrogen) atoms. The molecule has 3 heterocycles. The number of hydrogen-bond donors (Lipinski definition) is 2. The molecule has 0 spiro atoms. The van der Waals surface area contributed by atoms with Crippen molar-refractivity contribution in [2.75, 3.05) is 55.0 Å². The first-order chi connectivity index (χ1) is 23.8. The van der Waals surface area contributed by atoms with Gasteiger partial charge in [0.1, 0.15) is 29.9 Å². The number of halogens is 2. The van der Waals surface area contributed by atoms with Crippen molar-refractivity contribution in [2.45, 2.75) is 49.8 Å². The molecular formula is C35H42F2N8O3S. The molecule has 2 N–H and O–H groups in total. The summed E-state index contributed by atoms with van der Waals surface area (Å²) in [7, 11) is 1.75. The van der Waals surface area contributed by atoms with E-state index >= 15 is 0 Å². The Kier molecular flexibility index (Phi) is 11.0. The zero-order valence-corrected chi connectivity index (χ0v) is 28.7. The molecule has 0 aliphatic carbocycles. The number of carbonyl (C=O) groups excluding carboxylic acids is 1. The lowest BCUT2D eigenvalue weighted by Crippen LogP contribution is -2.48. The van der Waals surface area contributed by atoms with Crippen LogP contribution in [0.15, 0.2) is 79.4 Å². The number of thioether (sulfide) groups is 1. The molecule has 4 aromatic rings. The van der Waals surface area contributed by atoms with Crippen molar-refractivity contribution < 1.29 is 23.0 Å². The molecule has 0 radical (unpaired) electrons. The molecule has 11 nitrogen and oxygen atoms in total. The number of amides is 2. The minimum absolute atomic E-state index is 0.0817. The van der Waals surface area contributed by atoms with E-state index in [0.29, 0.717) is 5.75 Å². The molecule has 3 aromatic carbocycles. The van der Waals surface area contributed by atoms with Crippen LogP contribution >= 0.6 is 11.8 Å². The van der Waals surface area contributed by atoms with Gasteiger partial charge in [-0.25, -0.2) is 28.7 Å². The van der Waals surface area contributed by atoms with E-state index < -0.39 is 22.9 Å². The third-order valence-electron chi connectivity index (χ3n) is 9.02. The summed E-state index contributed by atoms with van der Waals surface area (Å²) in [6.45, 7) is 7.85. The van der Waals surface area contributed by atoms with Crippen molar-refractivity contribution in [3.8, 4) is 0 Å². The average molecular weight is 693 g/mol. The summed E-state index contributed by atoms with van der Waals surface area (Å²) < 4.78 is 42.5. The Morgan fingerprint density at radius 2 is 1.71 bits per heavy atom. The zero-order chi connectivity index (χ0) is 34.4. The molecule has 3 atom stereocenters. The van der Waals surface area contributed by atoms with Gasteiger partial charge in [0, 0.05) is 73.7 Å². The maximum Gasteiger partial charge on any atom is 0.336 e. The summed E-state index contributed by atoms with van der Waals surface area (Å²) in [6.07, 6.45) is 3.78. The largest absolute Gasteiger partial charge is 0.368 e. The number of hydrogen-bond acceptors (Lipinski definition) is 9. The molecule has 6 rings (SSSR count). The van der Waals surface area contributed by atoms with E-state index in [2.05, 4.69) is 67.0 Å². The number of nitrogens with zero attached hydrogens (tertiary/aromatic N) is 6. The lowest BCUT2D eigenvalue weighted by atomic mass is 9.94. The van der Waals surface area contributed by atoms with Crippen molar-refractivity contribution in [3.05, 3.63) is 102 Å². The Morgan fingerprint density at radius 3 is 2.31 bits per heavy atom. The van der Waals surface area contributed by atoms with Crippen molar-refractivity contribution in [2.24, 2.45) is 0 Å². The third-order valence-corrected chi connectivity index (χ3v) is 10.0. The Morgan fingerprint density at radius 1 is 1.04 bits per heavy atom. The number of urea groups is 1. The average Bonchev–Trinajstić information content (AvgIpc) is 3.79. The fourth-order valence-electron chi connectivity index (χ4n) is 6.12. The molecule has 2 aliphatic heterocycles. The summed E-state index contributed by atoms with van der Waals surface area (Å²) in [5.74, 6) is -0.715. The maximum atomic E-state index is 14.9. The molecule has 2 fully saturated rings. The number of anilines is 3. The van der Waals surface area contributed by atoms with E-state index in [-0.39, 0.29) is 30.8 Å². The predicted molar refractivity (Wildman–Crippen MR) is 187 cm³/mol. The lowest BCUT2D eigenvalue weighted by molar-refractivity contribution is -0.0470. The van der Waals surface area contributed by atoms with Gasteiger partial charge in [0.05, 0.1) is 13.2 Å². The summed E-state index contributed by atoms with van der Waals surface area (Å²) >= 11 is 1.47. The molecule has 0 bridgehead atoms. The Hall–Kier alpha value is -4.24. The Labute approximate surface area is 289 Å². The van der Waals surface area contributed by atoms with Gasteiger partial charge in [0.15, 0.2) is 0 Å². The number of rotatable bonds is 12. The second-order valence-electron chi connectivity index (χ2n) is 12.2. The number of hydrazine groups is 1. The van der Waals surface area contributed by atoms with Gasteiger partial charge in [-0.1, -0.05) is 36.9 Å². The van der Waals surface area contributed by atoms with E-state index in [0.717, 1.165) is 61.3 Å². The molecule has 2 saturated heterocycles. The van der Waals surface area contributed by atoms with E-state index in [4.69, 9.17) is 9.47 Å². The van der Waals surface area contributed by atoms with E-state index in [1.54, 1.807) is 16.7 Å². The van der Waals surface area contributed by atoms with E-state index in [1.165, 1.54) is 36.5 Å². The molecular weight excluding hydrogens is 651 g/mol. The summed E-state index contributed by atoms with van der Waals surface area (Å²) in [5.41, 5.74) is 5.52. The van der Waals surface area contributed by atoms with Gasteiger partial charge in [-0.15, -0.1) is 0 Å². The topological polar surface area (TPSA) is 100 Å². The van der Waals surface area contributed by atoms with Gasteiger partial charge in [-0.3, -0.25) is 5.01 Å². The summed E-state index contributed by atoms with van der Waals surface area (Å²) in [4.78, 5) is 21.4. The van der Waals surface area contributed by atoms with Crippen molar-refractivity contribution in [1.82, 2.24) is 25.2 Å². The van der Waals surface area contributed by atoms with Crippen LogP contribution in [0.3, 0.4) is 0 Å². The van der Waals surface area contributed by atoms with Crippen molar-refractivity contribution >= 4 is 34.9 Å². The number of carbonyl (C=O) groups is 1. The van der Waals surface area contributed by atoms with Gasteiger partial charge in [-0.05, 0) is 61.4 Å². The predicted octanol–water partition coefficient (Wildman–Crippen LogP) is 5.81. The van der Waals surface area contributed by atoms with Gasteiger partial charge < -0.3 is 24.6 Å². The minimum Gasteiger partial charge on any atom is -0.368 e. The fraction of sp³-hybridized carbons (Fsp3) is 0.400. The molecule has 14 heteroatoms. The first-order valence-corrected chi connectivity index (χ1v) is 17.5. The highest BCUT2D eigenvalue weighted by atomic mass is 32.2. The van der Waals surface area contributed by atoms with Crippen LogP contribution in [-0.4, -0.2) is 77.3 Å². The fourth-order valence-corrected chi connectivity index (χ4v) is 7.05. The number of piperazine rings is 1. The maximum absolute atomic E-state index is 14.9. The molecule has 260 valence electrons. The standard InChI is InChI=1S/C35H42F2N8O3S/c1-4-25(2)45(38-3)33(46)41-28-8-12-30(13-9-28)43-17-15-42(16-18-43)29-10-5-26(6-11-29)20-49-34-47-22-35(48-34,21-44-24-39-23-40-44)31-14-7-27(36)19-32(31)37/h5-14,19,23-25,34,38H,4,15-18,20-22H2,1-3H3,(H,41,46). The highest BCUT2D eigenvalue weighted by Crippen LogP contribution is 2.41. The number of aromatic nitrogens is 3. The summed E-state index contributed by atoms with van der Waals surface area (Å²) in [5, 5.41) is 8.72. The number of benzene rings is 3. The van der Waals surface area contributed by atoms with Crippen LogP contribution in [0.25, 0.3) is 0 Å². The first kappa shape index (κ1) is 34.6. The third kappa shape index (κ3) is 8.15. The highest BCUT2D eigenvalue weighted by molar-refractivity contribution is 7.98. The smallest absolute Gasteiger partial charge is 0.336 e. The zero-order valence-electron chi connectivity index (χ0n) is 27.9. The molecule has 3 unspecified atom stereocenters. The van der Waals surface area contributed by atoms with Crippen LogP contribution in [0.5, 0.6) is 0 Å². The van der Waals surface area contributed by atoms with Crippen LogP contribution in [0.4, 0.5) is 30.6 Å². The number of nitrogens with one attached hydrogen (secondary N) is 2. The van der Waals surface area contributed by atoms with Crippen LogP contribution < -0.4 is 20.5 Å². The molecule has 1 aromatic heterocycles. The second-order valence-corrected chi connectivity index (χ2v) is 13.2. The van der Waals surface area contributed by atoms with Gasteiger partial charge >= 0.3 is 6.03 Å². The monoisotopic (exact) mass is 692 g/mol. The van der Waals surface area contributed by atoms with Crippen molar-refractivity contribution in [1.29, 1.82) is 0 Å². The molecule has 2 aliphatic rings. The first-order valence-electron chi connectivity index (χ1n) is 16.4. The van der Waals surface area contributed by atoms with Crippen LogP contribution in [0.2, 0.25) is 0 Å². The van der Waals surface area contributed by atoms with Crippen molar-refractivity contribution in [3.63, 3.8) is 0 Å². The van der Waals surface area contributed by atoms with Crippen LogP contribution in [0, 0.1) is 11.6 Å². The highest BCUT2D eigenvalue weighted by Gasteiger charge is 2.45. The van der Waals surface area contributed by atoms with E-state index in [9.17, 15) is 13.6 Å². The quantitative estimate of drug-likeness (QED) is 0.178. The van der Waals surface area contributed by atoms with Crippen LogP contribution in [0.1, 0.15) is 31.4 Å². The lowest BCUT2D eigenvalue weighted by Gasteiger charge is -2.37. The Bertz CT molecular complexity index is 1670. The van der Waals surface area contributed by atoms with Crippen LogP contribution in [-0.2, 0) is 27.4 Å². The van der Waals surface area contributed by atoms with Gasteiger partial charge in [0.2, 0.25) is 5.62 Å². The molecule has 0 saturated carbocycles.